The molecule has 7 heteroatoms. The number of ether oxygens (including phenoxy) is 1. The Labute approximate surface area is 127 Å². The lowest BCUT2D eigenvalue weighted by Gasteiger charge is -2.45. The minimum atomic E-state index is -1.07. The molecular weight excluding hydrogens is 294 g/mol. The van der Waals surface area contributed by atoms with Gasteiger partial charge in [-0.3, -0.25) is 9.59 Å². The summed E-state index contributed by atoms with van der Waals surface area (Å²) in [5.74, 6) is -0.906. The molecule has 1 fully saturated rings. The molecule has 0 aromatic heterocycles. The smallest absolute Gasteiger partial charge is 0.353 e. The number of thioether (sulfide) groups is 1. The molecule has 0 saturated carbocycles. The first kappa shape index (κ1) is 15.9. The molecule has 21 heavy (non-hydrogen) atoms. The fourth-order valence-corrected chi connectivity index (χ4v) is 3.94. The Kier molecular flexibility index (Phi) is 4.61. The number of hydrogen-bond donors (Lipinski definition) is 1. The largest absolute Gasteiger partial charge is 0.477 e. The molecule has 1 amide bonds. The number of β-lactam (4-membered cyclic amide) rings is 1. The average Bonchev–Trinajstić information content (AvgIpc) is 2.68. The summed E-state index contributed by atoms with van der Waals surface area (Å²) in [4.78, 5) is 36.3. The monoisotopic (exact) mass is 313 g/mol. The van der Waals surface area contributed by atoms with Crippen molar-refractivity contribution in [2.45, 2.75) is 33.2 Å². The van der Waals surface area contributed by atoms with E-state index in [1.54, 1.807) is 0 Å². The Morgan fingerprint density at radius 2 is 2.14 bits per heavy atom. The van der Waals surface area contributed by atoms with Crippen molar-refractivity contribution in [2.24, 2.45) is 11.8 Å². The van der Waals surface area contributed by atoms with Crippen molar-refractivity contribution in [1.82, 2.24) is 4.90 Å². The number of nitrogens with zero attached hydrogens (tertiary/aromatic N) is 1. The van der Waals surface area contributed by atoms with E-state index < -0.39 is 5.97 Å². The molecule has 1 N–H and O–H groups in total. The number of esters is 1. The number of carbonyl (C=O) groups is 3. The van der Waals surface area contributed by atoms with Crippen molar-refractivity contribution in [1.29, 1.82) is 0 Å². The highest BCUT2D eigenvalue weighted by atomic mass is 32.2. The second kappa shape index (κ2) is 6.09. The highest BCUT2D eigenvalue weighted by Gasteiger charge is 2.55. The minimum absolute atomic E-state index is 0.0279. The third-order valence-electron chi connectivity index (χ3n) is 3.75. The molecule has 0 aromatic carbocycles. The Balaban J connectivity index is 2.04. The van der Waals surface area contributed by atoms with Gasteiger partial charge in [0.1, 0.15) is 12.3 Å². The SMILES string of the molecule is CC(=O)OCCSC1=C(C(=O)O)N2C(=O)C(C(C)C)C2C1. The van der Waals surface area contributed by atoms with E-state index in [1.807, 2.05) is 13.8 Å². The van der Waals surface area contributed by atoms with Gasteiger partial charge in [-0.25, -0.2) is 4.79 Å². The molecule has 2 heterocycles. The second-order valence-electron chi connectivity index (χ2n) is 5.51. The molecule has 0 spiro atoms. The average molecular weight is 313 g/mol. The van der Waals surface area contributed by atoms with Gasteiger partial charge in [0, 0.05) is 24.0 Å². The number of carbonyl (C=O) groups excluding carboxylic acids is 2. The van der Waals surface area contributed by atoms with Gasteiger partial charge in [0.2, 0.25) is 5.91 Å². The van der Waals surface area contributed by atoms with E-state index in [2.05, 4.69) is 0 Å². The molecule has 2 aliphatic heterocycles. The van der Waals surface area contributed by atoms with Crippen LogP contribution in [0.3, 0.4) is 0 Å². The third kappa shape index (κ3) is 2.92. The molecule has 2 aliphatic rings. The fraction of sp³-hybridized carbons (Fsp3) is 0.643. The summed E-state index contributed by atoms with van der Waals surface area (Å²) < 4.78 is 4.84. The molecule has 116 valence electrons. The predicted molar refractivity (Wildman–Crippen MR) is 77.3 cm³/mol. The van der Waals surface area contributed by atoms with Gasteiger partial charge in [-0.05, 0) is 5.92 Å². The van der Waals surface area contributed by atoms with Gasteiger partial charge >= 0.3 is 11.9 Å². The maximum Gasteiger partial charge on any atom is 0.353 e. The molecule has 6 nitrogen and oxygen atoms in total. The first-order valence-electron chi connectivity index (χ1n) is 6.90. The first-order chi connectivity index (χ1) is 9.84. The summed E-state index contributed by atoms with van der Waals surface area (Å²) in [6, 6.07) is -0.0279. The van der Waals surface area contributed by atoms with Crippen molar-refractivity contribution in [3.8, 4) is 0 Å². The van der Waals surface area contributed by atoms with Crippen LogP contribution in [0, 0.1) is 11.8 Å². The summed E-state index contributed by atoms with van der Waals surface area (Å²) in [6.45, 7) is 5.53. The molecule has 2 rings (SSSR count). The van der Waals surface area contributed by atoms with Crippen molar-refractivity contribution in [3.05, 3.63) is 10.6 Å². The topological polar surface area (TPSA) is 83.9 Å². The van der Waals surface area contributed by atoms with E-state index >= 15 is 0 Å². The normalized spacial score (nSPS) is 24.2. The Hall–Kier alpha value is -1.50. The molecule has 0 radical (unpaired) electrons. The number of rotatable bonds is 6. The van der Waals surface area contributed by atoms with Crippen LogP contribution in [-0.4, -0.2) is 46.3 Å². The highest BCUT2D eigenvalue weighted by molar-refractivity contribution is 8.03. The zero-order valence-corrected chi connectivity index (χ0v) is 13.1. The molecule has 2 unspecified atom stereocenters. The molecule has 2 atom stereocenters. The van der Waals surface area contributed by atoms with E-state index in [0.29, 0.717) is 17.1 Å². The summed E-state index contributed by atoms with van der Waals surface area (Å²) >= 11 is 1.35. The minimum Gasteiger partial charge on any atom is -0.477 e. The van der Waals surface area contributed by atoms with Crippen LogP contribution in [0.25, 0.3) is 0 Å². The van der Waals surface area contributed by atoms with Gasteiger partial charge in [0.25, 0.3) is 0 Å². The number of amides is 1. The summed E-state index contributed by atoms with van der Waals surface area (Å²) in [6.07, 6.45) is 0.584. The van der Waals surface area contributed by atoms with Crippen molar-refractivity contribution >= 4 is 29.6 Å². The molecule has 0 aliphatic carbocycles. The van der Waals surface area contributed by atoms with Crippen LogP contribution in [0.15, 0.2) is 10.6 Å². The number of carboxylic acid groups (broad SMARTS) is 1. The van der Waals surface area contributed by atoms with Gasteiger partial charge in [0.15, 0.2) is 0 Å². The Morgan fingerprint density at radius 1 is 1.48 bits per heavy atom. The quantitative estimate of drug-likeness (QED) is 0.454. The lowest BCUT2D eigenvalue weighted by molar-refractivity contribution is -0.157. The van der Waals surface area contributed by atoms with Crippen LogP contribution in [0.4, 0.5) is 0 Å². The number of hydrogen-bond acceptors (Lipinski definition) is 5. The first-order valence-corrected chi connectivity index (χ1v) is 7.88. The summed E-state index contributed by atoms with van der Waals surface area (Å²) in [5, 5.41) is 9.34. The van der Waals surface area contributed by atoms with E-state index in [-0.39, 0.29) is 42.1 Å². The third-order valence-corrected chi connectivity index (χ3v) is 4.83. The lowest BCUT2D eigenvalue weighted by atomic mass is 9.79. The van der Waals surface area contributed by atoms with Crippen molar-refractivity contribution in [3.63, 3.8) is 0 Å². The van der Waals surface area contributed by atoms with Gasteiger partial charge in [-0.1, -0.05) is 13.8 Å². The van der Waals surface area contributed by atoms with E-state index in [4.69, 9.17) is 4.74 Å². The van der Waals surface area contributed by atoms with Crippen LogP contribution in [-0.2, 0) is 19.1 Å². The fourth-order valence-electron chi connectivity index (χ4n) is 2.91. The van der Waals surface area contributed by atoms with Crippen LogP contribution in [0.2, 0.25) is 0 Å². The van der Waals surface area contributed by atoms with Crippen molar-refractivity contribution < 1.29 is 24.2 Å². The molecule has 0 aromatic rings. The van der Waals surface area contributed by atoms with E-state index in [9.17, 15) is 19.5 Å². The van der Waals surface area contributed by atoms with E-state index in [1.165, 1.54) is 23.6 Å². The van der Waals surface area contributed by atoms with E-state index in [0.717, 1.165) is 0 Å². The van der Waals surface area contributed by atoms with Crippen LogP contribution in [0.1, 0.15) is 27.2 Å². The number of aliphatic carboxylic acids is 1. The number of fused-ring (bicyclic) bond motifs is 1. The standard InChI is InChI=1S/C14H19NO5S/c1-7(2)11-9-6-10(21-5-4-20-8(3)16)12(14(18)19)15(9)13(11)17/h7,9,11H,4-6H2,1-3H3,(H,18,19). The molecule has 1 saturated heterocycles. The Bertz CT molecular complexity index is 513. The van der Waals surface area contributed by atoms with Gasteiger partial charge in [0.05, 0.1) is 12.0 Å². The van der Waals surface area contributed by atoms with Crippen molar-refractivity contribution in [2.75, 3.05) is 12.4 Å². The summed E-state index contributed by atoms with van der Waals surface area (Å²) in [7, 11) is 0. The van der Waals surface area contributed by atoms with Gasteiger partial charge in [-0.2, -0.15) is 0 Å². The van der Waals surface area contributed by atoms with Crippen LogP contribution >= 0.6 is 11.8 Å². The highest BCUT2D eigenvalue weighted by Crippen LogP contribution is 2.48. The zero-order chi connectivity index (χ0) is 15.7. The van der Waals surface area contributed by atoms with Gasteiger partial charge < -0.3 is 14.7 Å². The zero-order valence-electron chi connectivity index (χ0n) is 12.3. The molecule has 0 bridgehead atoms. The summed E-state index contributed by atoms with van der Waals surface area (Å²) in [5.41, 5.74) is 0.106. The number of carboxylic acids is 1. The molecular formula is C14H19NO5S. The Morgan fingerprint density at radius 3 is 2.67 bits per heavy atom. The van der Waals surface area contributed by atoms with Crippen LogP contribution in [0.5, 0.6) is 0 Å². The van der Waals surface area contributed by atoms with Gasteiger partial charge in [-0.15, -0.1) is 11.8 Å². The predicted octanol–water partition coefficient (Wildman–Crippen LogP) is 1.47. The lowest BCUT2D eigenvalue weighted by Crippen LogP contribution is -2.60. The maximum atomic E-state index is 12.1. The maximum absolute atomic E-state index is 12.1. The second-order valence-corrected chi connectivity index (χ2v) is 6.70. The van der Waals surface area contributed by atoms with Crippen LogP contribution < -0.4 is 0 Å².